The van der Waals surface area contributed by atoms with Crippen LogP contribution in [0, 0.1) is 0 Å². The van der Waals surface area contributed by atoms with E-state index in [2.05, 4.69) is 11.9 Å². The summed E-state index contributed by atoms with van der Waals surface area (Å²) in [5.41, 5.74) is -1.70. The van der Waals surface area contributed by atoms with Crippen molar-refractivity contribution >= 4 is 16.0 Å². The van der Waals surface area contributed by atoms with Crippen molar-refractivity contribution in [2.45, 2.75) is 12.5 Å². The molecule has 1 amide bonds. The number of hydrogen-bond acceptors (Lipinski definition) is 4. The van der Waals surface area contributed by atoms with Crippen molar-refractivity contribution < 1.29 is 22.9 Å². The lowest BCUT2D eigenvalue weighted by Gasteiger charge is -2.21. The Balaban J connectivity index is 4.21. The molecule has 14 heavy (non-hydrogen) atoms. The maximum Gasteiger partial charge on any atom is 0.267 e. The molecular weight excluding hydrogens is 210 g/mol. The smallest absolute Gasteiger partial charge is 0.267 e. The van der Waals surface area contributed by atoms with E-state index in [1.807, 2.05) is 0 Å². The van der Waals surface area contributed by atoms with Gasteiger partial charge in [-0.15, -0.1) is 0 Å². The highest BCUT2D eigenvalue weighted by atomic mass is 32.2. The van der Waals surface area contributed by atoms with Crippen LogP contribution < -0.4 is 5.32 Å². The highest BCUT2D eigenvalue weighted by Gasteiger charge is 2.27. The van der Waals surface area contributed by atoms with Crippen molar-refractivity contribution in [3.05, 3.63) is 12.7 Å². The SMILES string of the molecule is C=CC(=O)NCC(C)(O)CS(=O)(=O)O. The molecule has 0 rings (SSSR count). The van der Waals surface area contributed by atoms with Gasteiger partial charge < -0.3 is 10.4 Å². The lowest BCUT2D eigenvalue weighted by molar-refractivity contribution is -0.117. The van der Waals surface area contributed by atoms with E-state index in [1.54, 1.807) is 0 Å². The monoisotopic (exact) mass is 223 g/mol. The Hall–Kier alpha value is -0.920. The number of carbonyl (C=O) groups is 1. The molecule has 0 heterocycles. The predicted molar refractivity (Wildman–Crippen MR) is 50.2 cm³/mol. The van der Waals surface area contributed by atoms with Crippen molar-refractivity contribution in [2.75, 3.05) is 12.3 Å². The number of amides is 1. The largest absolute Gasteiger partial charge is 0.387 e. The van der Waals surface area contributed by atoms with E-state index in [-0.39, 0.29) is 6.54 Å². The maximum atomic E-state index is 10.7. The van der Waals surface area contributed by atoms with Gasteiger partial charge in [-0.1, -0.05) is 6.58 Å². The van der Waals surface area contributed by atoms with Gasteiger partial charge in [0.25, 0.3) is 10.1 Å². The van der Waals surface area contributed by atoms with Crippen LogP contribution in [0.1, 0.15) is 6.92 Å². The molecule has 0 aliphatic carbocycles. The molecule has 0 bridgehead atoms. The Morgan fingerprint density at radius 3 is 2.50 bits per heavy atom. The topological polar surface area (TPSA) is 104 Å². The van der Waals surface area contributed by atoms with Gasteiger partial charge in [-0.2, -0.15) is 8.42 Å². The van der Waals surface area contributed by atoms with Crippen LogP contribution in [0.3, 0.4) is 0 Å². The van der Waals surface area contributed by atoms with E-state index in [0.29, 0.717) is 0 Å². The van der Waals surface area contributed by atoms with E-state index < -0.39 is 27.4 Å². The molecule has 0 saturated heterocycles. The summed E-state index contributed by atoms with van der Waals surface area (Å²) in [6, 6.07) is 0. The molecule has 1 unspecified atom stereocenters. The first-order valence-electron chi connectivity index (χ1n) is 3.74. The summed E-state index contributed by atoms with van der Waals surface area (Å²) in [7, 11) is -4.26. The third-order valence-electron chi connectivity index (χ3n) is 1.32. The molecule has 0 saturated carbocycles. The second kappa shape index (κ2) is 4.54. The van der Waals surface area contributed by atoms with E-state index >= 15 is 0 Å². The van der Waals surface area contributed by atoms with Crippen LogP contribution in [0.5, 0.6) is 0 Å². The van der Waals surface area contributed by atoms with Crippen LogP contribution in [0.4, 0.5) is 0 Å². The Kier molecular flexibility index (Phi) is 4.24. The molecular formula is C7H13NO5S. The second-order valence-electron chi connectivity index (χ2n) is 3.15. The van der Waals surface area contributed by atoms with Gasteiger partial charge in [0.05, 0.1) is 5.60 Å². The summed E-state index contributed by atoms with van der Waals surface area (Å²) < 4.78 is 29.3. The molecule has 6 nitrogen and oxygen atoms in total. The van der Waals surface area contributed by atoms with Gasteiger partial charge in [-0.05, 0) is 13.0 Å². The van der Waals surface area contributed by atoms with Crippen molar-refractivity contribution in [1.82, 2.24) is 5.32 Å². The minimum Gasteiger partial charge on any atom is -0.387 e. The molecule has 0 aromatic rings. The number of rotatable bonds is 5. The van der Waals surface area contributed by atoms with Crippen LogP contribution in [0.25, 0.3) is 0 Å². The number of hydrogen-bond donors (Lipinski definition) is 3. The predicted octanol–water partition coefficient (Wildman–Crippen LogP) is -1.07. The first kappa shape index (κ1) is 13.1. The maximum absolute atomic E-state index is 10.7. The summed E-state index contributed by atoms with van der Waals surface area (Å²) in [5.74, 6) is -1.36. The minimum atomic E-state index is -4.26. The Labute approximate surface area is 82.4 Å². The fraction of sp³-hybridized carbons (Fsp3) is 0.571. The molecule has 0 fully saturated rings. The zero-order valence-corrected chi connectivity index (χ0v) is 8.54. The lowest BCUT2D eigenvalue weighted by atomic mass is 10.1. The molecule has 3 N–H and O–H groups in total. The van der Waals surface area contributed by atoms with Gasteiger partial charge in [0, 0.05) is 6.54 Å². The van der Waals surface area contributed by atoms with E-state index in [9.17, 15) is 18.3 Å². The van der Waals surface area contributed by atoms with Crippen LogP contribution in [-0.4, -0.2) is 41.9 Å². The van der Waals surface area contributed by atoms with Gasteiger partial charge in [0.15, 0.2) is 0 Å². The summed E-state index contributed by atoms with van der Waals surface area (Å²) in [5, 5.41) is 11.6. The second-order valence-corrected chi connectivity index (χ2v) is 4.60. The summed E-state index contributed by atoms with van der Waals surface area (Å²) in [6.07, 6.45) is 0.990. The average Bonchev–Trinajstić information content (AvgIpc) is 1.96. The highest BCUT2D eigenvalue weighted by Crippen LogP contribution is 2.04. The van der Waals surface area contributed by atoms with Crippen molar-refractivity contribution in [1.29, 1.82) is 0 Å². The Morgan fingerprint density at radius 1 is 1.64 bits per heavy atom. The third-order valence-corrected chi connectivity index (χ3v) is 2.31. The van der Waals surface area contributed by atoms with Gasteiger partial charge in [0.1, 0.15) is 5.75 Å². The van der Waals surface area contributed by atoms with Gasteiger partial charge in [-0.3, -0.25) is 9.35 Å². The summed E-state index contributed by atoms with van der Waals surface area (Å²) >= 11 is 0. The molecule has 0 aromatic heterocycles. The van der Waals surface area contributed by atoms with E-state index in [1.165, 1.54) is 6.92 Å². The Bertz CT molecular complexity index is 319. The fourth-order valence-corrected chi connectivity index (χ4v) is 1.68. The molecule has 7 heteroatoms. The molecule has 0 aliphatic heterocycles. The van der Waals surface area contributed by atoms with Crippen molar-refractivity contribution in [2.24, 2.45) is 0 Å². The molecule has 82 valence electrons. The molecule has 0 aliphatic rings. The van der Waals surface area contributed by atoms with Crippen molar-refractivity contribution in [3.63, 3.8) is 0 Å². The fourth-order valence-electron chi connectivity index (χ4n) is 0.794. The Morgan fingerprint density at radius 2 is 2.14 bits per heavy atom. The van der Waals surface area contributed by atoms with Crippen LogP contribution in [-0.2, 0) is 14.9 Å². The van der Waals surface area contributed by atoms with Crippen LogP contribution in [0.2, 0.25) is 0 Å². The quantitative estimate of drug-likeness (QED) is 0.406. The molecule has 0 aromatic carbocycles. The third kappa shape index (κ3) is 6.58. The lowest BCUT2D eigenvalue weighted by Crippen LogP contribution is -2.44. The average molecular weight is 223 g/mol. The van der Waals surface area contributed by atoms with Crippen LogP contribution in [0.15, 0.2) is 12.7 Å². The molecule has 0 radical (unpaired) electrons. The van der Waals surface area contributed by atoms with Gasteiger partial charge in [0.2, 0.25) is 5.91 Å². The van der Waals surface area contributed by atoms with Gasteiger partial charge in [-0.25, -0.2) is 0 Å². The van der Waals surface area contributed by atoms with Crippen LogP contribution >= 0.6 is 0 Å². The normalized spacial score (nSPS) is 15.6. The van der Waals surface area contributed by atoms with E-state index in [4.69, 9.17) is 4.55 Å². The first-order valence-corrected chi connectivity index (χ1v) is 5.35. The van der Waals surface area contributed by atoms with Crippen molar-refractivity contribution in [3.8, 4) is 0 Å². The zero-order valence-electron chi connectivity index (χ0n) is 7.73. The van der Waals surface area contributed by atoms with Gasteiger partial charge >= 0.3 is 0 Å². The molecule has 1 atom stereocenters. The van der Waals surface area contributed by atoms with E-state index in [0.717, 1.165) is 6.08 Å². The first-order chi connectivity index (χ1) is 6.16. The number of nitrogens with one attached hydrogen (secondary N) is 1. The standard InChI is InChI=1S/C7H13NO5S/c1-3-6(9)8-4-7(2,10)5-14(11,12)13/h3,10H,1,4-5H2,2H3,(H,8,9)(H,11,12,13). The highest BCUT2D eigenvalue weighted by molar-refractivity contribution is 7.85. The number of carbonyl (C=O) groups excluding carboxylic acids is 1. The minimum absolute atomic E-state index is 0.280. The zero-order chi connectivity index (χ0) is 11.4. The summed E-state index contributed by atoms with van der Waals surface area (Å²) in [4.78, 5) is 10.7. The number of aliphatic hydroxyl groups is 1. The molecule has 0 spiro atoms. The summed E-state index contributed by atoms with van der Waals surface area (Å²) in [6.45, 7) is 4.08.